The van der Waals surface area contributed by atoms with Gasteiger partial charge in [0.2, 0.25) is 0 Å². The van der Waals surface area contributed by atoms with Crippen LogP contribution in [0, 0.1) is 6.92 Å². The number of aliphatic carboxylic acids is 1. The Morgan fingerprint density at radius 3 is 2.72 bits per heavy atom. The molecule has 0 saturated carbocycles. The fraction of sp³-hybridized carbons (Fsp3) is 0.261. The molecule has 2 atom stereocenters. The number of oxime groups is 1. The number of carboxylic acid groups (broad SMARTS) is 2. The molecule has 2 amide bonds. The topological polar surface area (TPSA) is 194 Å². The van der Waals surface area contributed by atoms with Crippen LogP contribution in [0.25, 0.3) is 5.65 Å². The quantitative estimate of drug-likeness (QED) is 0.124. The molecule has 16 heteroatoms. The van der Waals surface area contributed by atoms with Crippen molar-refractivity contribution in [2.75, 3.05) is 18.6 Å². The van der Waals surface area contributed by atoms with E-state index in [0.29, 0.717) is 16.9 Å². The van der Waals surface area contributed by atoms with Gasteiger partial charge in [-0.2, -0.15) is 4.40 Å². The standard InChI is InChI=1S/C23H21N7O7S2/c1-10-16(21(33)34)28-6-4-3-5-13(28)29(10)7-11-8-38-20-15(19(32)30(20)17(11)22(35)36)26-18(31)14(27-37-2)12-9-39-23(24)25-12/h3-6,9,15,20H,7-8H2,1-2H3,(H4-,24,25,26,31,33,34,35,36)/p+1/b27-14-/t15-,20-/m1/s1. The van der Waals surface area contributed by atoms with Gasteiger partial charge in [-0.05, 0) is 6.07 Å². The number of rotatable bonds is 8. The van der Waals surface area contributed by atoms with Gasteiger partial charge in [0.25, 0.3) is 23.2 Å². The second kappa shape index (κ2) is 10.0. The number of nitrogen functional groups attached to an aromatic ring is 1. The summed E-state index contributed by atoms with van der Waals surface area (Å²) in [7, 11) is 1.26. The Balaban J connectivity index is 1.43. The Hall–Kier alpha value is -4.44. The molecule has 202 valence electrons. The number of β-lactam (4-membered cyclic amide) rings is 1. The molecule has 5 N–H and O–H groups in total. The van der Waals surface area contributed by atoms with Crippen LogP contribution in [0.3, 0.4) is 0 Å². The predicted molar refractivity (Wildman–Crippen MR) is 139 cm³/mol. The van der Waals surface area contributed by atoms with Gasteiger partial charge in [0.1, 0.15) is 36.5 Å². The third kappa shape index (κ3) is 4.36. The molecule has 2 aliphatic heterocycles. The number of pyridine rings is 1. The molecule has 39 heavy (non-hydrogen) atoms. The number of aromatic nitrogens is 3. The summed E-state index contributed by atoms with van der Waals surface area (Å²) in [6.07, 6.45) is 1.62. The van der Waals surface area contributed by atoms with Gasteiger partial charge >= 0.3 is 11.9 Å². The van der Waals surface area contributed by atoms with Crippen molar-refractivity contribution in [1.82, 2.24) is 19.8 Å². The van der Waals surface area contributed by atoms with Crippen LogP contribution in [-0.4, -0.2) is 78.4 Å². The van der Waals surface area contributed by atoms with Gasteiger partial charge < -0.3 is 26.1 Å². The van der Waals surface area contributed by atoms with Crippen LogP contribution in [0.5, 0.6) is 0 Å². The summed E-state index contributed by atoms with van der Waals surface area (Å²) in [5, 5.41) is 27.2. The number of carboxylic acids is 2. The van der Waals surface area contributed by atoms with Gasteiger partial charge in [-0.1, -0.05) is 11.2 Å². The highest BCUT2D eigenvalue weighted by molar-refractivity contribution is 8.00. The van der Waals surface area contributed by atoms with E-state index < -0.39 is 35.2 Å². The van der Waals surface area contributed by atoms with E-state index in [1.54, 1.807) is 35.9 Å². The number of nitrogens with zero attached hydrogens (tertiary/aromatic N) is 5. The summed E-state index contributed by atoms with van der Waals surface area (Å²) in [5.41, 5.74) is 6.96. The minimum absolute atomic E-state index is 0.0580. The van der Waals surface area contributed by atoms with Gasteiger partial charge in [-0.25, -0.2) is 19.1 Å². The summed E-state index contributed by atoms with van der Waals surface area (Å²) in [5.74, 6) is -3.50. The summed E-state index contributed by atoms with van der Waals surface area (Å²) in [4.78, 5) is 60.3. The molecule has 0 radical (unpaired) electrons. The van der Waals surface area contributed by atoms with Crippen molar-refractivity contribution < 1.29 is 38.6 Å². The average Bonchev–Trinajstić information content (AvgIpc) is 3.45. The van der Waals surface area contributed by atoms with E-state index in [1.165, 1.54) is 28.7 Å². The lowest BCUT2D eigenvalue weighted by molar-refractivity contribution is -0.514. The first-order valence-corrected chi connectivity index (χ1v) is 13.3. The first kappa shape index (κ1) is 26.2. The number of imidazole rings is 1. The summed E-state index contributed by atoms with van der Waals surface area (Å²) >= 11 is 2.40. The first-order chi connectivity index (χ1) is 18.6. The number of anilines is 1. The van der Waals surface area contributed by atoms with Crippen molar-refractivity contribution in [2.24, 2.45) is 5.16 Å². The normalized spacial score (nSPS) is 19.1. The van der Waals surface area contributed by atoms with Crippen LogP contribution in [0.15, 0.2) is 46.2 Å². The van der Waals surface area contributed by atoms with E-state index in [2.05, 4.69) is 15.5 Å². The molecule has 3 aromatic rings. The lowest BCUT2D eigenvalue weighted by Crippen LogP contribution is -2.71. The van der Waals surface area contributed by atoms with E-state index in [-0.39, 0.29) is 40.2 Å². The Morgan fingerprint density at radius 2 is 2.08 bits per heavy atom. The smallest absolute Gasteiger partial charge is 0.380 e. The second-order valence-electron chi connectivity index (χ2n) is 8.57. The van der Waals surface area contributed by atoms with Gasteiger partial charge in [0, 0.05) is 29.7 Å². The molecule has 0 unspecified atom stereocenters. The molecule has 0 aromatic carbocycles. The number of hydrogen-bond acceptors (Lipinski definition) is 10. The van der Waals surface area contributed by atoms with Crippen LogP contribution in [0.1, 0.15) is 21.9 Å². The number of aromatic carboxylic acids is 1. The highest BCUT2D eigenvalue weighted by atomic mass is 32.2. The molecular weight excluding hydrogens is 550 g/mol. The number of thioether (sulfide) groups is 1. The van der Waals surface area contributed by atoms with Crippen LogP contribution in [-0.2, 0) is 25.8 Å². The monoisotopic (exact) mass is 572 g/mol. The zero-order valence-corrected chi connectivity index (χ0v) is 22.2. The molecule has 14 nitrogen and oxygen atoms in total. The van der Waals surface area contributed by atoms with Crippen molar-refractivity contribution in [3.8, 4) is 0 Å². The highest BCUT2D eigenvalue weighted by Crippen LogP contribution is 2.41. The molecule has 1 saturated heterocycles. The number of thiazole rings is 1. The maximum absolute atomic E-state index is 13.1. The summed E-state index contributed by atoms with van der Waals surface area (Å²) < 4.78 is 3.23. The van der Waals surface area contributed by atoms with E-state index >= 15 is 0 Å². The lowest BCUT2D eigenvalue weighted by atomic mass is 10.0. The number of carbonyl (C=O) groups excluding carboxylic acids is 2. The van der Waals surface area contributed by atoms with Gasteiger partial charge in [0.05, 0.1) is 6.20 Å². The van der Waals surface area contributed by atoms with Crippen molar-refractivity contribution in [2.45, 2.75) is 24.9 Å². The SMILES string of the molecule is CO/N=C(\C(=O)N[C@@H]1C(=O)N2C(C(=O)O)=C(Cn3c(C)c(C(=O)O)[n+]4ccccc34)CS[C@H]12)c1csc(N)n1. The molecule has 1 fully saturated rings. The Kier molecular flexibility index (Phi) is 6.73. The summed E-state index contributed by atoms with van der Waals surface area (Å²) in [6.45, 7) is 1.70. The number of hydrogen-bond donors (Lipinski definition) is 4. The maximum Gasteiger partial charge on any atom is 0.380 e. The largest absolute Gasteiger partial charge is 0.477 e. The Labute approximate surface area is 228 Å². The number of carbonyl (C=O) groups is 4. The molecule has 2 aliphatic rings. The van der Waals surface area contributed by atoms with Gasteiger partial charge in [-0.15, -0.1) is 23.1 Å². The number of amides is 2. The van der Waals surface area contributed by atoms with Crippen molar-refractivity contribution in [3.05, 3.63) is 58.1 Å². The minimum atomic E-state index is -1.30. The lowest BCUT2D eigenvalue weighted by Gasteiger charge is -2.49. The Bertz CT molecular complexity index is 1610. The average molecular weight is 573 g/mol. The van der Waals surface area contributed by atoms with Gasteiger partial charge in [-0.3, -0.25) is 14.5 Å². The predicted octanol–water partition coefficient (Wildman–Crippen LogP) is 0.0614. The van der Waals surface area contributed by atoms with Crippen LogP contribution in [0.4, 0.5) is 5.13 Å². The van der Waals surface area contributed by atoms with E-state index in [0.717, 1.165) is 16.2 Å². The molecule has 5 rings (SSSR count). The van der Waals surface area contributed by atoms with Crippen molar-refractivity contribution in [3.63, 3.8) is 0 Å². The molecular formula is C23H22N7O7S2+. The van der Waals surface area contributed by atoms with E-state index in [1.807, 2.05) is 0 Å². The third-order valence-electron chi connectivity index (χ3n) is 6.35. The Morgan fingerprint density at radius 1 is 1.31 bits per heavy atom. The third-order valence-corrected chi connectivity index (χ3v) is 8.37. The zero-order chi connectivity index (χ0) is 28.0. The molecule has 0 aliphatic carbocycles. The fourth-order valence-corrected chi connectivity index (χ4v) is 6.56. The zero-order valence-electron chi connectivity index (χ0n) is 20.5. The van der Waals surface area contributed by atoms with Crippen molar-refractivity contribution >= 4 is 63.3 Å². The first-order valence-electron chi connectivity index (χ1n) is 11.4. The van der Waals surface area contributed by atoms with Crippen LogP contribution in [0.2, 0.25) is 0 Å². The highest BCUT2D eigenvalue weighted by Gasteiger charge is 2.54. The second-order valence-corrected chi connectivity index (χ2v) is 10.6. The molecule has 0 spiro atoms. The maximum atomic E-state index is 13.1. The van der Waals surface area contributed by atoms with Crippen LogP contribution < -0.4 is 15.5 Å². The molecule has 0 bridgehead atoms. The number of nitrogens with two attached hydrogens (primary N) is 1. The van der Waals surface area contributed by atoms with E-state index in [9.17, 15) is 29.4 Å². The van der Waals surface area contributed by atoms with E-state index in [4.69, 9.17) is 10.6 Å². The van der Waals surface area contributed by atoms with Gasteiger partial charge in [0.15, 0.2) is 16.5 Å². The van der Waals surface area contributed by atoms with Crippen molar-refractivity contribution in [1.29, 1.82) is 0 Å². The summed E-state index contributed by atoms with van der Waals surface area (Å²) in [6, 6.07) is 4.18. The minimum Gasteiger partial charge on any atom is -0.477 e. The number of fused-ring (bicyclic) bond motifs is 2. The fourth-order valence-electron chi connectivity index (χ4n) is 4.67. The molecule has 3 aromatic heterocycles. The molecule has 5 heterocycles. The number of nitrogens with one attached hydrogen (secondary N) is 1. The van der Waals surface area contributed by atoms with Crippen LogP contribution >= 0.6 is 23.1 Å².